The number of nitrogens with one attached hydrogen (secondary N) is 1. The maximum atomic E-state index is 12.4. The van der Waals surface area contributed by atoms with E-state index in [9.17, 15) is 13.2 Å². The number of hydrogen-bond donors (Lipinski definition) is 1. The molecule has 0 heterocycles. The molecule has 4 nitrogen and oxygen atoms in total. The smallest absolute Gasteiger partial charge is 0.240 e. The third-order valence-electron chi connectivity index (χ3n) is 3.88. The largest absolute Gasteiger partial charge is 0.294 e. The van der Waals surface area contributed by atoms with Gasteiger partial charge in [-0.05, 0) is 25.0 Å². The molecule has 1 aromatic carbocycles. The van der Waals surface area contributed by atoms with E-state index in [1.165, 1.54) is 12.1 Å². The molecular formula is C16H25NO3S. The second-order valence-corrected chi connectivity index (χ2v) is 7.01. The minimum Gasteiger partial charge on any atom is -0.294 e. The molecule has 0 radical (unpaired) electrons. The SMILES string of the molecule is CCC(=O)c1cccc(S(=O)(=O)NC(C)C(CC)CC)c1. The number of Topliss-reactive ketones (excluding diaryl/α,β-unsaturated/α-hetero) is 1. The second-order valence-electron chi connectivity index (χ2n) is 5.29. The highest BCUT2D eigenvalue weighted by molar-refractivity contribution is 7.89. The second kappa shape index (κ2) is 7.71. The van der Waals surface area contributed by atoms with Gasteiger partial charge >= 0.3 is 0 Å². The van der Waals surface area contributed by atoms with E-state index in [4.69, 9.17) is 0 Å². The summed E-state index contributed by atoms with van der Waals surface area (Å²) in [5.41, 5.74) is 0.440. The minimum absolute atomic E-state index is 0.0555. The third-order valence-corrected chi connectivity index (χ3v) is 5.44. The van der Waals surface area contributed by atoms with E-state index < -0.39 is 10.0 Å². The number of ketones is 1. The van der Waals surface area contributed by atoms with Crippen molar-refractivity contribution < 1.29 is 13.2 Å². The lowest BCUT2D eigenvalue weighted by Crippen LogP contribution is -2.37. The highest BCUT2D eigenvalue weighted by Gasteiger charge is 2.22. The lowest BCUT2D eigenvalue weighted by molar-refractivity contribution is 0.0988. The monoisotopic (exact) mass is 311 g/mol. The summed E-state index contributed by atoms with van der Waals surface area (Å²) in [5, 5.41) is 0. The standard InChI is InChI=1S/C16H25NO3S/c1-5-13(6-2)12(4)17-21(19,20)15-10-8-9-14(11-15)16(18)7-3/h8-13,17H,5-7H2,1-4H3. The van der Waals surface area contributed by atoms with Crippen LogP contribution >= 0.6 is 0 Å². The highest BCUT2D eigenvalue weighted by Crippen LogP contribution is 2.17. The Morgan fingerprint density at radius 1 is 1.19 bits per heavy atom. The van der Waals surface area contributed by atoms with Gasteiger partial charge in [-0.1, -0.05) is 45.7 Å². The summed E-state index contributed by atoms with van der Waals surface area (Å²) in [6.07, 6.45) is 2.21. The molecular weight excluding hydrogens is 286 g/mol. The summed E-state index contributed by atoms with van der Waals surface area (Å²) in [6, 6.07) is 6.10. The molecule has 0 saturated carbocycles. The zero-order valence-electron chi connectivity index (χ0n) is 13.2. The van der Waals surface area contributed by atoms with E-state index in [0.717, 1.165) is 12.8 Å². The summed E-state index contributed by atoms with van der Waals surface area (Å²) >= 11 is 0. The third kappa shape index (κ3) is 4.64. The molecule has 1 unspecified atom stereocenters. The molecule has 118 valence electrons. The van der Waals surface area contributed by atoms with Gasteiger partial charge in [0.05, 0.1) is 4.90 Å². The van der Waals surface area contributed by atoms with Gasteiger partial charge < -0.3 is 0 Å². The molecule has 1 N–H and O–H groups in total. The van der Waals surface area contributed by atoms with E-state index in [-0.39, 0.29) is 16.7 Å². The van der Waals surface area contributed by atoms with Crippen LogP contribution in [0.2, 0.25) is 0 Å². The van der Waals surface area contributed by atoms with Crippen LogP contribution in [0.25, 0.3) is 0 Å². The Morgan fingerprint density at radius 3 is 2.33 bits per heavy atom. The molecule has 0 aliphatic rings. The van der Waals surface area contributed by atoms with Crippen molar-refractivity contribution in [3.63, 3.8) is 0 Å². The van der Waals surface area contributed by atoms with Crippen molar-refractivity contribution in [1.82, 2.24) is 4.72 Å². The summed E-state index contributed by atoms with van der Waals surface area (Å²) in [7, 11) is -3.59. The normalized spacial score (nSPS) is 13.4. The van der Waals surface area contributed by atoms with E-state index in [1.807, 2.05) is 6.92 Å². The zero-order valence-corrected chi connectivity index (χ0v) is 14.0. The maximum Gasteiger partial charge on any atom is 0.240 e. The molecule has 1 rings (SSSR count). The average molecular weight is 311 g/mol. The van der Waals surface area contributed by atoms with Crippen LogP contribution in [0, 0.1) is 5.92 Å². The molecule has 0 saturated heterocycles. The number of sulfonamides is 1. The van der Waals surface area contributed by atoms with E-state index in [0.29, 0.717) is 17.9 Å². The molecule has 0 fully saturated rings. The fraction of sp³-hybridized carbons (Fsp3) is 0.562. The zero-order chi connectivity index (χ0) is 16.0. The summed E-state index contributed by atoms with van der Waals surface area (Å²) in [6.45, 7) is 7.76. The Labute approximate surface area is 128 Å². The number of hydrogen-bond acceptors (Lipinski definition) is 3. The van der Waals surface area contributed by atoms with Gasteiger partial charge in [-0.15, -0.1) is 0 Å². The Kier molecular flexibility index (Phi) is 6.55. The first-order valence-corrected chi connectivity index (χ1v) is 8.99. The van der Waals surface area contributed by atoms with Crippen molar-refractivity contribution in [3.05, 3.63) is 29.8 Å². The van der Waals surface area contributed by atoms with Gasteiger partial charge in [-0.25, -0.2) is 13.1 Å². The van der Waals surface area contributed by atoms with Crippen LogP contribution in [0.3, 0.4) is 0 Å². The van der Waals surface area contributed by atoms with Crippen LogP contribution in [-0.2, 0) is 10.0 Å². The van der Waals surface area contributed by atoms with Crippen molar-refractivity contribution in [2.45, 2.75) is 57.9 Å². The molecule has 1 atom stereocenters. The number of benzene rings is 1. The Morgan fingerprint density at radius 2 is 1.81 bits per heavy atom. The quantitative estimate of drug-likeness (QED) is 0.749. The maximum absolute atomic E-state index is 12.4. The van der Waals surface area contributed by atoms with Gasteiger partial charge in [0.2, 0.25) is 10.0 Å². The van der Waals surface area contributed by atoms with Crippen LogP contribution in [-0.4, -0.2) is 20.2 Å². The average Bonchev–Trinajstić information content (AvgIpc) is 2.47. The number of carbonyl (C=O) groups excluding carboxylic acids is 1. The van der Waals surface area contributed by atoms with Crippen LogP contribution < -0.4 is 4.72 Å². The first-order valence-electron chi connectivity index (χ1n) is 7.51. The van der Waals surface area contributed by atoms with Crippen LogP contribution in [0.5, 0.6) is 0 Å². The molecule has 5 heteroatoms. The minimum atomic E-state index is -3.59. The topological polar surface area (TPSA) is 63.2 Å². The summed E-state index contributed by atoms with van der Waals surface area (Å²) in [5.74, 6) is 0.250. The highest BCUT2D eigenvalue weighted by atomic mass is 32.2. The van der Waals surface area contributed by atoms with E-state index in [2.05, 4.69) is 18.6 Å². The van der Waals surface area contributed by atoms with Crippen LogP contribution in [0.1, 0.15) is 57.3 Å². The van der Waals surface area contributed by atoms with Crippen LogP contribution in [0.15, 0.2) is 29.2 Å². The van der Waals surface area contributed by atoms with E-state index in [1.54, 1.807) is 19.1 Å². The Balaban J connectivity index is 3.00. The molecule has 1 aromatic rings. The molecule has 0 aliphatic carbocycles. The summed E-state index contributed by atoms with van der Waals surface area (Å²) in [4.78, 5) is 11.9. The van der Waals surface area contributed by atoms with Crippen molar-refractivity contribution in [2.75, 3.05) is 0 Å². The lowest BCUT2D eigenvalue weighted by Gasteiger charge is -2.22. The van der Waals surface area contributed by atoms with Gasteiger partial charge in [0.1, 0.15) is 0 Å². The fourth-order valence-corrected chi connectivity index (χ4v) is 3.80. The predicted molar refractivity (Wildman–Crippen MR) is 84.9 cm³/mol. The van der Waals surface area contributed by atoms with Gasteiger partial charge in [0.15, 0.2) is 5.78 Å². The predicted octanol–water partition coefficient (Wildman–Crippen LogP) is 3.38. The molecule has 0 aromatic heterocycles. The van der Waals surface area contributed by atoms with Crippen molar-refractivity contribution in [1.29, 1.82) is 0 Å². The van der Waals surface area contributed by atoms with E-state index >= 15 is 0 Å². The van der Waals surface area contributed by atoms with Crippen molar-refractivity contribution >= 4 is 15.8 Å². The molecule has 21 heavy (non-hydrogen) atoms. The van der Waals surface area contributed by atoms with Crippen molar-refractivity contribution in [2.24, 2.45) is 5.92 Å². The molecule has 0 spiro atoms. The van der Waals surface area contributed by atoms with Gasteiger partial charge in [0.25, 0.3) is 0 Å². The molecule has 0 amide bonds. The first kappa shape index (κ1) is 17.9. The lowest BCUT2D eigenvalue weighted by atomic mass is 9.96. The van der Waals surface area contributed by atoms with Crippen molar-refractivity contribution in [3.8, 4) is 0 Å². The number of carbonyl (C=O) groups is 1. The molecule has 0 aliphatic heterocycles. The molecule has 0 bridgehead atoms. The van der Waals surface area contributed by atoms with Gasteiger partial charge in [-0.2, -0.15) is 0 Å². The Hall–Kier alpha value is -1.20. The number of rotatable bonds is 8. The van der Waals surface area contributed by atoms with Crippen LogP contribution in [0.4, 0.5) is 0 Å². The van der Waals surface area contributed by atoms with Gasteiger partial charge in [0, 0.05) is 18.0 Å². The van der Waals surface area contributed by atoms with Gasteiger partial charge in [-0.3, -0.25) is 4.79 Å². The Bertz CT molecular complexity index is 577. The summed E-state index contributed by atoms with van der Waals surface area (Å²) < 4.78 is 27.6. The fourth-order valence-electron chi connectivity index (χ4n) is 2.45. The first-order chi connectivity index (χ1) is 9.85.